The molecule has 100 valence electrons. The summed E-state index contributed by atoms with van der Waals surface area (Å²) < 4.78 is 4.75. The van der Waals surface area contributed by atoms with Crippen LogP contribution in [0, 0.1) is 0 Å². The van der Waals surface area contributed by atoms with Crippen molar-refractivity contribution in [3.8, 4) is 0 Å². The van der Waals surface area contributed by atoms with Gasteiger partial charge in [0, 0.05) is 6.20 Å². The fourth-order valence-electron chi connectivity index (χ4n) is 1.08. The number of carbonyl (C=O) groups is 2. The number of aliphatic hydroxyl groups is 1. The largest absolute Gasteiger partial charge is 0.464 e. The molecular formula is C10H13ClN2O4S. The Kier molecular flexibility index (Phi) is 5.06. The first kappa shape index (κ1) is 14.9. The van der Waals surface area contributed by atoms with Crippen LogP contribution in [0.2, 0.25) is 0 Å². The molecule has 1 unspecified atom stereocenters. The van der Waals surface area contributed by atoms with Crippen LogP contribution in [-0.4, -0.2) is 34.5 Å². The van der Waals surface area contributed by atoms with E-state index in [1.54, 1.807) is 6.92 Å². The SMILES string of the molecule is CCOC(=O)C(C)(O)c1cnc(NC(=O)CCl)s1. The number of alkyl halides is 1. The Bertz CT molecular complexity index is 447. The summed E-state index contributed by atoms with van der Waals surface area (Å²) in [5, 5.41) is 12.7. The predicted molar refractivity (Wildman–Crippen MR) is 67.7 cm³/mol. The van der Waals surface area contributed by atoms with Gasteiger partial charge in [0.15, 0.2) is 10.7 Å². The smallest absolute Gasteiger partial charge is 0.343 e. The summed E-state index contributed by atoms with van der Waals surface area (Å²) in [4.78, 5) is 26.8. The van der Waals surface area contributed by atoms with Crippen molar-refractivity contribution in [3.63, 3.8) is 0 Å². The maximum atomic E-state index is 11.6. The third kappa shape index (κ3) is 3.41. The second-order valence-electron chi connectivity index (χ2n) is 3.50. The van der Waals surface area contributed by atoms with Crippen molar-refractivity contribution < 1.29 is 19.4 Å². The van der Waals surface area contributed by atoms with E-state index in [4.69, 9.17) is 16.3 Å². The molecule has 0 aromatic carbocycles. The van der Waals surface area contributed by atoms with Crippen molar-refractivity contribution in [2.45, 2.75) is 19.4 Å². The number of carbonyl (C=O) groups excluding carboxylic acids is 2. The Labute approximate surface area is 113 Å². The van der Waals surface area contributed by atoms with Crippen LogP contribution in [0.3, 0.4) is 0 Å². The first-order valence-electron chi connectivity index (χ1n) is 5.13. The monoisotopic (exact) mass is 292 g/mol. The van der Waals surface area contributed by atoms with Crippen molar-refractivity contribution in [1.82, 2.24) is 4.98 Å². The molecular weight excluding hydrogens is 280 g/mol. The summed E-state index contributed by atoms with van der Waals surface area (Å²) in [6.45, 7) is 3.13. The first-order chi connectivity index (χ1) is 8.41. The minimum absolute atomic E-state index is 0.170. The quantitative estimate of drug-likeness (QED) is 0.626. The van der Waals surface area contributed by atoms with E-state index in [0.717, 1.165) is 11.3 Å². The van der Waals surface area contributed by atoms with E-state index in [0.29, 0.717) is 0 Å². The van der Waals surface area contributed by atoms with Crippen LogP contribution in [-0.2, 0) is 19.9 Å². The third-order valence-electron chi connectivity index (χ3n) is 2.03. The van der Waals surface area contributed by atoms with E-state index in [1.165, 1.54) is 13.1 Å². The molecule has 0 saturated carbocycles. The number of amides is 1. The van der Waals surface area contributed by atoms with Gasteiger partial charge in [-0.15, -0.1) is 11.6 Å². The number of aromatic nitrogens is 1. The van der Waals surface area contributed by atoms with Crippen molar-refractivity contribution in [1.29, 1.82) is 0 Å². The van der Waals surface area contributed by atoms with E-state index >= 15 is 0 Å². The predicted octanol–water partition coefficient (Wildman–Crippen LogP) is 1.09. The Hall–Kier alpha value is -1.18. The Morgan fingerprint density at radius 3 is 2.89 bits per heavy atom. The summed E-state index contributed by atoms with van der Waals surface area (Å²) >= 11 is 6.32. The van der Waals surface area contributed by atoms with Crippen molar-refractivity contribution in [2.24, 2.45) is 0 Å². The zero-order chi connectivity index (χ0) is 13.8. The summed E-state index contributed by atoms with van der Waals surface area (Å²) in [6, 6.07) is 0. The number of ether oxygens (including phenoxy) is 1. The molecule has 1 rings (SSSR count). The second kappa shape index (κ2) is 6.12. The van der Waals surface area contributed by atoms with Crippen LogP contribution in [0.1, 0.15) is 18.7 Å². The summed E-state index contributed by atoms with van der Waals surface area (Å²) in [5.41, 5.74) is -1.78. The van der Waals surface area contributed by atoms with Crippen molar-refractivity contribution in [3.05, 3.63) is 11.1 Å². The molecule has 1 heterocycles. The van der Waals surface area contributed by atoms with E-state index in [9.17, 15) is 14.7 Å². The molecule has 0 saturated heterocycles. The highest BCUT2D eigenvalue weighted by atomic mass is 35.5. The summed E-state index contributed by atoms with van der Waals surface area (Å²) in [5.74, 6) is -1.36. The normalized spacial score (nSPS) is 13.8. The number of anilines is 1. The van der Waals surface area contributed by atoms with Crippen LogP contribution in [0.4, 0.5) is 5.13 Å². The summed E-state index contributed by atoms with van der Waals surface area (Å²) in [7, 11) is 0. The van der Waals surface area contributed by atoms with Crippen LogP contribution >= 0.6 is 22.9 Å². The molecule has 1 amide bonds. The molecule has 0 radical (unpaired) electrons. The van der Waals surface area contributed by atoms with E-state index in [-0.39, 0.29) is 22.5 Å². The lowest BCUT2D eigenvalue weighted by Gasteiger charge is -2.18. The standard InChI is InChI=1S/C10H13ClN2O4S/c1-3-17-8(15)10(2,16)6-5-12-9(18-6)13-7(14)4-11/h5,16H,3-4H2,1-2H3,(H,12,13,14). The van der Waals surface area contributed by atoms with E-state index in [1.807, 2.05) is 0 Å². The van der Waals surface area contributed by atoms with Gasteiger partial charge in [0.1, 0.15) is 5.88 Å². The molecule has 0 fully saturated rings. The average molecular weight is 293 g/mol. The molecule has 18 heavy (non-hydrogen) atoms. The van der Waals surface area contributed by atoms with Gasteiger partial charge in [-0.1, -0.05) is 11.3 Å². The molecule has 0 spiro atoms. The van der Waals surface area contributed by atoms with Crippen LogP contribution in [0.5, 0.6) is 0 Å². The van der Waals surface area contributed by atoms with Crippen LogP contribution in [0.25, 0.3) is 0 Å². The van der Waals surface area contributed by atoms with Gasteiger partial charge in [0.05, 0.1) is 11.5 Å². The molecule has 1 atom stereocenters. The molecule has 8 heteroatoms. The Balaban J connectivity index is 2.84. The van der Waals surface area contributed by atoms with Crippen molar-refractivity contribution in [2.75, 3.05) is 17.8 Å². The highest BCUT2D eigenvalue weighted by Crippen LogP contribution is 2.30. The molecule has 6 nitrogen and oxygen atoms in total. The van der Waals surface area contributed by atoms with E-state index < -0.39 is 17.5 Å². The number of thiazole rings is 1. The average Bonchev–Trinajstić information content (AvgIpc) is 2.78. The molecule has 1 aromatic heterocycles. The number of nitrogens with one attached hydrogen (secondary N) is 1. The number of halogens is 1. The first-order valence-corrected chi connectivity index (χ1v) is 6.48. The highest BCUT2D eigenvalue weighted by Gasteiger charge is 2.36. The van der Waals surface area contributed by atoms with Crippen LogP contribution in [0.15, 0.2) is 6.20 Å². The lowest BCUT2D eigenvalue weighted by molar-refractivity contribution is -0.163. The molecule has 0 bridgehead atoms. The topological polar surface area (TPSA) is 88.5 Å². The molecule has 0 aliphatic carbocycles. The lowest BCUT2D eigenvalue weighted by atomic mass is 10.1. The number of esters is 1. The number of hydrogen-bond donors (Lipinski definition) is 2. The van der Waals surface area contributed by atoms with Gasteiger partial charge in [-0.2, -0.15) is 0 Å². The fourth-order valence-corrected chi connectivity index (χ4v) is 2.01. The summed E-state index contributed by atoms with van der Waals surface area (Å²) in [6.07, 6.45) is 1.31. The fraction of sp³-hybridized carbons (Fsp3) is 0.500. The molecule has 0 aliphatic heterocycles. The minimum Gasteiger partial charge on any atom is -0.464 e. The molecule has 0 aliphatic rings. The van der Waals surface area contributed by atoms with Gasteiger partial charge >= 0.3 is 5.97 Å². The highest BCUT2D eigenvalue weighted by molar-refractivity contribution is 7.16. The van der Waals surface area contributed by atoms with Gasteiger partial charge in [0.2, 0.25) is 5.91 Å². The van der Waals surface area contributed by atoms with Crippen LogP contribution < -0.4 is 5.32 Å². The zero-order valence-electron chi connectivity index (χ0n) is 9.90. The number of rotatable bonds is 5. The van der Waals surface area contributed by atoms with Gasteiger partial charge in [-0.3, -0.25) is 4.79 Å². The molecule has 1 aromatic rings. The Morgan fingerprint density at radius 2 is 2.33 bits per heavy atom. The number of hydrogen-bond acceptors (Lipinski definition) is 6. The van der Waals surface area contributed by atoms with E-state index in [2.05, 4.69) is 10.3 Å². The maximum absolute atomic E-state index is 11.6. The van der Waals surface area contributed by atoms with Gasteiger partial charge in [-0.25, -0.2) is 9.78 Å². The third-order valence-corrected chi connectivity index (χ3v) is 3.39. The number of nitrogens with zero attached hydrogens (tertiary/aromatic N) is 1. The van der Waals surface area contributed by atoms with Gasteiger partial charge in [0.25, 0.3) is 0 Å². The van der Waals surface area contributed by atoms with Gasteiger partial charge in [-0.05, 0) is 13.8 Å². The minimum atomic E-state index is -1.78. The zero-order valence-corrected chi connectivity index (χ0v) is 11.5. The van der Waals surface area contributed by atoms with Crippen molar-refractivity contribution >= 4 is 39.9 Å². The molecule has 2 N–H and O–H groups in total. The van der Waals surface area contributed by atoms with Gasteiger partial charge < -0.3 is 15.2 Å². The maximum Gasteiger partial charge on any atom is 0.343 e. The second-order valence-corrected chi connectivity index (χ2v) is 4.80. The Morgan fingerprint density at radius 1 is 1.67 bits per heavy atom. The lowest BCUT2D eigenvalue weighted by Crippen LogP contribution is -2.33.